The number of carboxylic acid groups (broad SMARTS) is 1. The van der Waals surface area contributed by atoms with E-state index in [1.54, 1.807) is 42.6 Å². The zero-order valence-electron chi connectivity index (χ0n) is 23.4. The second kappa shape index (κ2) is 9.89. The third-order valence-electron chi connectivity index (χ3n) is 9.34. The zero-order chi connectivity index (χ0) is 30.0. The molecule has 1 N–H and O–H groups in total. The number of halogens is 1. The highest BCUT2D eigenvalue weighted by Crippen LogP contribution is 2.61. The number of likely N-dealkylation sites (tertiary alicyclic amines) is 1. The van der Waals surface area contributed by atoms with Crippen molar-refractivity contribution in [1.82, 2.24) is 24.4 Å². The smallest absolute Gasteiger partial charge is 0.335 e. The average Bonchev–Trinajstić information content (AvgIpc) is 3.64. The van der Waals surface area contributed by atoms with Gasteiger partial charge < -0.3 is 23.7 Å². The maximum atomic E-state index is 14.3. The Bertz CT molecular complexity index is 1960. The van der Waals surface area contributed by atoms with Crippen molar-refractivity contribution >= 4 is 22.8 Å². The van der Waals surface area contributed by atoms with Crippen LogP contribution >= 0.6 is 0 Å². The molecular formula is C32H26FN7O4. The Kier molecular flexibility index (Phi) is 5.92. The number of fused-ring (bicyclic) bond motifs is 1. The van der Waals surface area contributed by atoms with E-state index in [1.807, 2.05) is 22.8 Å². The van der Waals surface area contributed by atoms with E-state index in [0.29, 0.717) is 42.5 Å². The molecule has 5 aromatic rings. The van der Waals surface area contributed by atoms with Crippen LogP contribution in [0.15, 0.2) is 71.5 Å². The van der Waals surface area contributed by atoms with E-state index in [4.69, 9.17) is 24.4 Å². The summed E-state index contributed by atoms with van der Waals surface area (Å²) in [6.45, 7) is 1.82. The fourth-order valence-corrected chi connectivity index (χ4v) is 7.09. The van der Waals surface area contributed by atoms with Crippen molar-refractivity contribution in [2.24, 2.45) is 0 Å². The molecule has 3 fully saturated rings. The van der Waals surface area contributed by atoms with Crippen LogP contribution in [0.1, 0.15) is 46.0 Å². The van der Waals surface area contributed by atoms with Gasteiger partial charge in [0.05, 0.1) is 58.6 Å². The molecule has 2 aliphatic heterocycles. The van der Waals surface area contributed by atoms with Gasteiger partial charge >= 0.3 is 5.97 Å². The Hall–Kier alpha value is -5.28. The minimum atomic E-state index is -0.988. The summed E-state index contributed by atoms with van der Waals surface area (Å²) in [5.74, 6) is 1.15. The van der Waals surface area contributed by atoms with Gasteiger partial charge in [-0.15, -0.1) is 0 Å². The molecule has 5 heterocycles. The third-order valence-corrected chi connectivity index (χ3v) is 9.34. The van der Waals surface area contributed by atoms with E-state index in [9.17, 15) is 14.3 Å². The summed E-state index contributed by atoms with van der Waals surface area (Å²) in [7, 11) is 0. The first-order chi connectivity index (χ1) is 21.4. The maximum Gasteiger partial charge on any atom is 0.335 e. The number of carbonyl (C=O) groups is 1. The summed E-state index contributed by atoms with van der Waals surface area (Å²) in [5.41, 5.74) is 2.34. The number of aromatic carboxylic acids is 1. The van der Waals surface area contributed by atoms with Gasteiger partial charge in [0.2, 0.25) is 11.8 Å². The highest BCUT2D eigenvalue weighted by Gasteiger charge is 2.75. The molecule has 1 spiro atoms. The normalized spacial score (nSPS) is 21.9. The molecule has 0 bridgehead atoms. The molecule has 3 unspecified atom stereocenters. The molecule has 3 atom stereocenters. The first kappa shape index (κ1) is 26.4. The summed E-state index contributed by atoms with van der Waals surface area (Å²) in [4.78, 5) is 30.5. The molecule has 3 aromatic heterocycles. The van der Waals surface area contributed by atoms with Crippen LogP contribution in [0.2, 0.25) is 0 Å². The molecule has 2 saturated heterocycles. The number of hydrogen-bond donors (Lipinski definition) is 1. The van der Waals surface area contributed by atoms with Gasteiger partial charge in [-0.2, -0.15) is 10.2 Å². The number of nitriles is 1. The molecule has 0 radical (unpaired) electrons. The van der Waals surface area contributed by atoms with Crippen molar-refractivity contribution < 1.29 is 23.4 Å². The van der Waals surface area contributed by atoms with E-state index >= 15 is 0 Å². The predicted molar refractivity (Wildman–Crippen MR) is 154 cm³/mol. The molecule has 1 saturated carbocycles. The Labute approximate surface area is 250 Å². The molecule has 1 aliphatic carbocycles. The predicted octanol–water partition coefficient (Wildman–Crippen LogP) is 4.36. The number of hydrogen-bond acceptors (Lipinski definition) is 9. The van der Waals surface area contributed by atoms with Crippen molar-refractivity contribution in [2.45, 2.75) is 50.2 Å². The fraction of sp³-hybridized carbons (Fsp3) is 0.281. The van der Waals surface area contributed by atoms with Crippen LogP contribution in [0.25, 0.3) is 11.0 Å². The van der Waals surface area contributed by atoms with Gasteiger partial charge in [0.25, 0.3) is 0 Å². The molecule has 8 rings (SSSR count). The van der Waals surface area contributed by atoms with Gasteiger partial charge in [-0.25, -0.2) is 19.2 Å². The summed E-state index contributed by atoms with van der Waals surface area (Å²) in [6, 6.07) is 17.5. The van der Waals surface area contributed by atoms with Crippen LogP contribution in [0, 0.1) is 17.1 Å². The standard InChI is InChI=1S/C32H26FN7O4/c33-22-12-19(14-34)4-5-21(22)18-44-29-3-1-2-27(37-29)40-25-8-9-32(25)26(40)15-38(32)16-28-36-23-7-6-20(31(41)42)13-24(23)39(28)17-30-35-10-11-43-30/h1-7,10-13,25-26H,8-9,15-18H2,(H,41,42). The lowest BCUT2D eigenvalue weighted by atomic mass is 9.52. The number of carboxylic acids is 1. The summed E-state index contributed by atoms with van der Waals surface area (Å²) >= 11 is 0. The maximum absolute atomic E-state index is 14.3. The van der Waals surface area contributed by atoms with Crippen LogP contribution in [0.5, 0.6) is 5.88 Å². The number of nitrogens with zero attached hydrogens (tertiary/aromatic N) is 7. The molecule has 2 aromatic carbocycles. The number of piperazine rings is 1. The number of rotatable bonds is 9. The number of pyridine rings is 1. The summed E-state index contributed by atoms with van der Waals surface area (Å²) in [6.07, 6.45) is 5.25. The van der Waals surface area contributed by atoms with Gasteiger partial charge in [-0.05, 0) is 49.2 Å². The third kappa shape index (κ3) is 3.96. The Morgan fingerprint density at radius 2 is 2.07 bits per heavy atom. The Morgan fingerprint density at radius 1 is 1.16 bits per heavy atom. The second-order valence-corrected chi connectivity index (χ2v) is 11.4. The number of imidazole rings is 1. The first-order valence-corrected chi connectivity index (χ1v) is 14.4. The fourth-order valence-electron chi connectivity index (χ4n) is 7.09. The quantitative estimate of drug-likeness (QED) is 0.264. The van der Waals surface area contributed by atoms with Gasteiger partial charge in [0.1, 0.15) is 36.9 Å². The molecule has 0 amide bonds. The van der Waals surface area contributed by atoms with Crippen LogP contribution in [0.4, 0.5) is 10.2 Å². The summed E-state index contributed by atoms with van der Waals surface area (Å²) < 4.78 is 27.7. The molecule has 11 nitrogen and oxygen atoms in total. The molecule has 44 heavy (non-hydrogen) atoms. The lowest BCUT2D eigenvalue weighted by Crippen LogP contribution is -2.96. The number of benzene rings is 2. The lowest BCUT2D eigenvalue weighted by molar-refractivity contribution is -0.183. The van der Waals surface area contributed by atoms with E-state index < -0.39 is 11.8 Å². The van der Waals surface area contributed by atoms with E-state index in [0.717, 1.165) is 42.1 Å². The number of ether oxygens (including phenoxy) is 1. The minimum Gasteiger partial charge on any atom is -0.478 e. The zero-order valence-corrected chi connectivity index (χ0v) is 23.4. The molecule has 3 aliphatic rings. The van der Waals surface area contributed by atoms with E-state index in [1.165, 1.54) is 12.3 Å². The van der Waals surface area contributed by atoms with Crippen LogP contribution in [-0.2, 0) is 19.7 Å². The van der Waals surface area contributed by atoms with Crippen LogP contribution in [0.3, 0.4) is 0 Å². The number of aromatic nitrogens is 4. The van der Waals surface area contributed by atoms with Gasteiger partial charge in [-0.3, -0.25) is 4.90 Å². The average molecular weight is 592 g/mol. The Balaban J connectivity index is 1.00. The van der Waals surface area contributed by atoms with Crippen LogP contribution in [-0.4, -0.2) is 59.7 Å². The van der Waals surface area contributed by atoms with Gasteiger partial charge in [-0.1, -0.05) is 12.1 Å². The van der Waals surface area contributed by atoms with Crippen molar-refractivity contribution in [3.05, 3.63) is 101 Å². The van der Waals surface area contributed by atoms with Gasteiger partial charge in [0, 0.05) is 18.2 Å². The van der Waals surface area contributed by atoms with Crippen LogP contribution < -0.4 is 9.64 Å². The second-order valence-electron chi connectivity index (χ2n) is 11.4. The van der Waals surface area contributed by atoms with Crippen molar-refractivity contribution in [2.75, 3.05) is 11.4 Å². The molecule has 220 valence electrons. The largest absolute Gasteiger partial charge is 0.478 e. The van der Waals surface area contributed by atoms with Crippen molar-refractivity contribution in [3.63, 3.8) is 0 Å². The Morgan fingerprint density at radius 3 is 2.80 bits per heavy atom. The van der Waals surface area contributed by atoms with Crippen molar-refractivity contribution in [1.29, 1.82) is 5.26 Å². The minimum absolute atomic E-state index is 0.0149. The topological polar surface area (TPSA) is 134 Å². The highest BCUT2D eigenvalue weighted by atomic mass is 19.1. The van der Waals surface area contributed by atoms with E-state index in [2.05, 4.69) is 14.8 Å². The summed E-state index contributed by atoms with van der Waals surface area (Å²) in [5, 5.41) is 18.5. The number of piperidine rings is 1. The SMILES string of the molecule is N#Cc1ccc(COc2cccc(N3C4CCC45C3CN5Cc3nc4ccc(C(=O)O)cc4n3Cc3ncco3)n2)c(F)c1. The van der Waals surface area contributed by atoms with Crippen molar-refractivity contribution in [3.8, 4) is 11.9 Å². The number of oxazole rings is 1. The lowest BCUT2D eigenvalue weighted by Gasteiger charge is -2.80. The molecule has 12 heteroatoms. The first-order valence-electron chi connectivity index (χ1n) is 14.4. The molecular weight excluding hydrogens is 565 g/mol. The van der Waals surface area contributed by atoms with Gasteiger partial charge in [0.15, 0.2) is 0 Å². The monoisotopic (exact) mass is 591 g/mol. The highest BCUT2D eigenvalue weighted by molar-refractivity contribution is 5.92. The number of anilines is 1. The van der Waals surface area contributed by atoms with E-state index in [-0.39, 0.29) is 23.3 Å².